The Hall–Kier alpha value is -1.13. The molecule has 2 aromatic rings. The first-order valence-electron chi connectivity index (χ1n) is 5.65. The molecule has 16 heavy (non-hydrogen) atoms. The maximum absolute atomic E-state index is 5.97. The zero-order valence-corrected chi connectivity index (χ0v) is 9.80. The molecule has 1 fully saturated rings. The van der Waals surface area contributed by atoms with Crippen molar-refractivity contribution in [2.45, 2.75) is 18.9 Å². The third-order valence-electron chi connectivity index (χ3n) is 2.91. The Labute approximate surface area is 98.6 Å². The van der Waals surface area contributed by atoms with Gasteiger partial charge in [-0.2, -0.15) is 4.37 Å². The fourth-order valence-electron chi connectivity index (χ4n) is 2.02. The van der Waals surface area contributed by atoms with Gasteiger partial charge in [0.25, 0.3) is 0 Å². The van der Waals surface area contributed by atoms with Gasteiger partial charge in [0.2, 0.25) is 5.88 Å². The highest BCUT2D eigenvalue weighted by atomic mass is 32.1. The van der Waals surface area contributed by atoms with E-state index in [0.717, 1.165) is 37.2 Å². The summed E-state index contributed by atoms with van der Waals surface area (Å²) in [6, 6.07) is 8.23. The average Bonchev–Trinajstić information content (AvgIpc) is 2.74. The van der Waals surface area contributed by atoms with Crippen LogP contribution in [0.5, 0.6) is 5.88 Å². The summed E-state index contributed by atoms with van der Waals surface area (Å²) < 4.78 is 11.6. The van der Waals surface area contributed by atoms with Crippen LogP contribution < -0.4 is 10.1 Å². The summed E-state index contributed by atoms with van der Waals surface area (Å²) in [4.78, 5) is 0. The van der Waals surface area contributed by atoms with Crippen LogP contribution in [0.4, 0.5) is 0 Å². The van der Waals surface area contributed by atoms with Crippen LogP contribution in [0.2, 0.25) is 0 Å². The van der Waals surface area contributed by atoms with Crippen molar-refractivity contribution in [1.82, 2.24) is 9.69 Å². The van der Waals surface area contributed by atoms with E-state index in [0.29, 0.717) is 6.10 Å². The van der Waals surface area contributed by atoms with Gasteiger partial charge < -0.3 is 10.1 Å². The summed E-state index contributed by atoms with van der Waals surface area (Å²) in [5, 5.41) is 4.48. The lowest BCUT2D eigenvalue weighted by Gasteiger charge is -2.22. The van der Waals surface area contributed by atoms with Gasteiger partial charge in [-0.25, -0.2) is 0 Å². The Morgan fingerprint density at radius 3 is 2.94 bits per heavy atom. The molecule has 1 aliphatic heterocycles. The number of nitrogens with zero attached hydrogens (tertiary/aromatic N) is 1. The molecule has 0 spiro atoms. The van der Waals surface area contributed by atoms with E-state index in [1.54, 1.807) is 0 Å². The summed E-state index contributed by atoms with van der Waals surface area (Å²) >= 11 is 1.51. The second-order valence-corrected chi connectivity index (χ2v) is 4.86. The predicted molar refractivity (Wildman–Crippen MR) is 66.1 cm³/mol. The number of aromatic nitrogens is 1. The predicted octanol–water partition coefficient (Wildman–Crippen LogP) is 2.43. The molecule has 0 amide bonds. The van der Waals surface area contributed by atoms with Crippen molar-refractivity contribution in [3.8, 4) is 5.88 Å². The van der Waals surface area contributed by atoms with Gasteiger partial charge in [0.15, 0.2) is 0 Å². The van der Waals surface area contributed by atoms with Crippen LogP contribution in [0, 0.1) is 0 Å². The Morgan fingerprint density at radius 1 is 1.25 bits per heavy atom. The first-order chi connectivity index (χ1) is 7.93. The smallest absolute Gasteiger partial charge is 0.233 e. The molecular weight excluding hydrogens is 220 g/mol. The number of hydrogen-bond acceptors (Lipinski definition) is 4. The molecule has 0 radical (unpaired) electrons. The van der Waals surface area contributed by atoms with E-state index in [9.17, 15) is 0 Å². The van der Waals surface area contributed by atoms with E-state index >= 15 is 0 Å². The summed E-state index contributed by atoms with van der Waals surface area (Å²) in [6.07, 6.45) is 2.48. The second-order valence-electron chi connectivity index (χ2n) is 4.05. The Morgan fingerprint density at radius 2 is 2.06 bits per heavy atom. The molecule has 2 heterocycles. The van der Waals surface area contributed by atoms with E-state index in [4.69, 9.17) is 4.74 Å². The van der Waals surface area contributed by atoms with Crippen molar-refractivity contribution in [2.75, 3.05) is 13.1 Å². The fraction of sp³-hybridized carbons (Fsp3) is 0.417. The largest absolute Gasteiger partial charge is 0.473 e. The number of benzene rings is 1. The molecule has 0 aliphatic carbocycles. The van der Waals surface area contributed by atoms with E-state index in [1.807, 2.05) is 12.1 Å². The molecular formula is C12H14N2OS. The number of rotatable bonds is 2. The zero-order chi connectivity index (χ0) is 10.8. The SMILES string of the molecule is c1ccc2c(OC3CCNCC3)nsc2c1. The van der Waals surface area contributed by atoms with Crippen LogP contribution in [0.1, 0.15) is 12.8 Å². The van der Waals surface area contributed by atoms with Crippen LogP contribution >= 0.6 is 11.5 Å². The van der Waals surface area contributed by atoms with E-state index in [2.05, 4.69) is 21.8 Å². The average molecular weight is 234 g/mol. The summed E-state index contributed by atoms with van der Waals surface area (Å²) in [7, 11) is 0. The van der Waals surface area contributed by atoms with Gasteiger partial charge in [-0.15, -0.1) is 0 Å². The number of ether oxygens (including phenoxy) is 1. The summed E-state index contributed by atoms with van der Waals surface area (Å²) in [5.41, 5.74) is 0. The van der Waals surface area contributed by atoms with E-state index < -0.39 is 0 Å². The third-order valence-corrected chi connectivity index (χ3v) is 3.72. The molecule has 84 valence electrons. The highest BCUT2D eigenvalue weighted by Gasteiger charge is 2.17. The molecule has 0 atom stereocenters. The van der Waals surface area contributed by atoms with Gasteiger partial charge >= 0.3 is 0 Å². The minimum absolute atomic E-state index is 0.326. The van der Waals surface area contributed by atoms with Crippen molar-refractivity contribution >= 4 is 21.6 Å². The van der Waals surface area contributed by atoms with Gasteiger partial charge in [-0.05, 0) is 49.6 Å². The van der Waals surface area contributed by atoms with Crippen LogP contribution in [0.25, 0.3) is 10.1 Å². The topological polar surface area (TPSA) is 34.1 Å². The van der Waals surface area contributed by atoms with Gasteiger partial charge in [0, 0.05) is 0 Å². The number of hydrogen-bond donors (Lipinski definition) is 1. The van der Waals surface area contributed by atoms with Crippen molar-refractivity contribution in [2.24, 2.45) is 0 Å². The normalized spacial score (nSPS) is 17.8. The van der Waals surface area contributed by atoms with Crippen molar-refractivity contribution < 1.29 is 4.74 Å². The molecule has 1 aromatic heterocycles. The lowest BCUT2D eigenvalue weighted by molar-refractivity contribution is 0.159. The molecule has 1 aliphatic rings. The van der Waals surface area contributed by atoms with Crippen LogP contribution in [0.3, 0.4) is 0 Å². The van der Waals surface area contributed by atoms with Crippen LogP contribution in [-0.4, -0.2) is 23.6 Å². The highest BCUT2D eigenvalue weighted by molar-refractivity contribution is 7.13. The fourth-order valence-corrected chi connectivity index (χ4v) is 2.73. The lowest BCUT2D eigenvalue weighted by atomic mass is 10.1. The van der Waals surface area contributed by atoms with Gasteiger partial charge in [-0.1, -0.05) is 12.1 Å². The highest BCUT2D eigenvalue weighted by Crippen LogP contribution is 2.29. The van der Waals surface area contributed by atoms with Crippen LogP contribution in [0.15, 0.2) is 24.3 Å². The number of piperidine rings is 1. The van der Waals surface area contributed by atoms with Crippen molar-refractivity contribution in [3.63, 3.8) is 0 Å². The van der Waals surface area contributed by atoms with Crippen molar-refractivity contribution in [3.05, 3.63) is 24.3 Å². The summed E-state index contributed by atoms with van der Waals surface area (Å²) in [5.74, 6) is 0.813. The van der Waals surface area contributed by atoms with E-state index in [1.165, 1.54) is 16.2 Å². The Balaban J connectivity index is 1.83. The number of fused-ring (bicyclic) bond motifs is 1. The standard InChI is InChI=1S/C12H14N2OS/c1-2-4-11-10(3-1)12(14-16-11)15-9-5-7-13-8-6-9/h1-4,9,13H,5-8H2. The molecule has 3 rings (SSSR count). The molecule has 0 saturated carbocycles. The van der Waals surface area contributed by atoms with Gasteiger partial charge in [0.1, 0.15) is 6.10 Å². The molecule has 4 heteroatoms. The Bertz CT molecular complexity index is 477. The zero-order valence-electron chi connectivity index (χ0n) is 8.98. The summed E-state index contributed by atoms with van der Waals surface area (Å²) in [6.45, 7) is 2.10. The third kappa shape index (κ3) is 1.90. The van der Waals surface area contributed by atoms with Gasteiger partial charge in [0.05, 0.1) is 10.1 Å². The monoisotopic (exact) mass is 234 g/mol. The molecule has 1 N–H and O–H groups in total. The minimum atomic E-state index is 0.326. The van der Waals surface area contributed by atoms with Crippen LogP contribution in [-0.2, 0) is 0 Å². The first-order valence-corrected chi connectivity index (χ1v) is 6.42. The minimum Gasteiger partial charge on any atom is -0.473 e. The molecule has 0 bridgehead atoms. The molecule has 3 nitrogen and oxygen atoms in total. The molecule has 1 saturated heterocycles. The van der Waals surface area contributed by atoms with Crippen molar-refractivity contribution in [1.29, 1.82) is 0 Å². The quantitative estimate of drug-likeness (QED) is 0.866. The number of nitrogens with one attached hydrogen (secondary N) is 1. The van der Waals surface area contributed by atoms with E-state index in [-0.39, 0.29) is 0 Å². The first kappa shape index (κ1) is 10.1. The van der Waals surface area contributed by atoms with Gasteiger partial charge in [-0.3, -0.25) is 0 Å². The lowest BCUT2D eigenvalue weighted by Crippen LogP contribution is -2.34. The maximum Gasteiger partial charge on any atom is 0.233 e. The molecule has 1 aromatic carbocycles. The molecule has 0 unspecified atom stereocenters. The maximum atomic E-state index is 5.97. The second kappa shape index (κ2) is 4.39. The Kier molecular flexibility index (Phi) is 2.76.